The first-order chi connectivity index (χ1) is 15.1. The van der Waals surface area contributed by atoms with Gasteiger partial charge in [-0.2, -0.15) is 0 Å². The van der Waals surface area contributed by atoms with E-state index in [2.05, 4.69) is 22.3 Å². The molecule has 0 radical (unpaired) electrons. The predicted molar refractivity (Wildman–Crippen MR) is 119 cm³/mol. The van der Waals surface area contributed by atoms with Crippen LogP contribution in [0.25, 0.3) is 22.2 Å². The van der Waals surface area contributed by atoms with Crippen molar-refractivity contribution < 1.29 is 18.4 Å². The zero-order valence-electron chi connectivity index (χ0n) is 18.0. The molecule has 1 saturated heterocycles. The van der Waals surface area contributed by atoms with Crippen molar-refractivity contribution in [3.05, 3.63) is 47.8 Å². The minimum Gasteiger partial charge on any atom is -0.388 e. The maximum absolute atomic E-state index is 13.5. The number of rotatable bonds is 8. The molecule has 0 bridgehead atoms. The highest BCUT2D eigenvalue weighted by molar-refractivity contribution is 6.01. The number of halogens is 1. The zero-order chi connectivity index (χ0) is 21.8. The van der Waals surface area contributed by atoms with E-state index in [1.165, 1.54) is 31.4 Å². The molecule has 0 spiro atoms. The monoisotopic (exact) mass is 425 g/mol. The molecule has 1 aliphatic heterocycles. The fraction of sp³-hybridized carbons (Fsp3) is 0.417. The first kappa shape index (κ1) is 21.5. The second-order valence-electron chi connectivity index (χ2n) is 7.88. The van der Waals surface area contributed by atoms with Crippen molar-refractivity contribution in [1.82, 2.24) is 10.1 Å². The van der Waals surface area contributed by atoms with Crippen LogP contribution in [-0.2, 0) is 4.74 Å². The van der Waals surface area contributed by atoms with Crippen molar-refractivity contribution in [2.75, 3.05) is 32.1 Å². The summed E-state index contributed by atoms with van der Waals surface area (Å²) in [6, 6.07) is 9.74. The maximum atomic E-state index is 13.5. The molecule has 1 unspecified atom stereocenters. The van der Waals surface area contributed by atoms with Gasteiger partial charge in [-0.05, 0) is 43.5 Å². The first-order valence-corrected chi connectivity index (χ1v) is 10.9. The van der Waals surface area contributed by atoms with E-state index >= 15 is 0 Å². The van der Waals surface area contributed by atoms with Crippen LogP contribution < -0.4 is 5.32 Å². The van der Waals surface area contributed by atoms with Crippen molar-refractivity contribution >= 4 is 22.4 Å². The molecule has 1 N–H and O–H groups in total. The normalized spacial score (nSPS) is 15.8. The lowest BCUT2D eigenvalue weighted by atomic mass is 10.0. The number of likely N-dealkylation sites (tertiary alicyclic amines) is 1. The van der Waals surface area contributed by atoms with Crippen LogP contribution in [0.3, 0.4) is 0 Å². The second kappa shape index (κ2) is 9.58. The molecule has 0 aliphatic carbocycles. The molecule has 7 heteroatoms. The second-order valence-corrected chi connectivity index (χ2v) is 7.88. The van der Waals surface area contributed by atoms with Crippen molar-refractivity contribution in [2.24, 2.45) is 0 Å². The third-order valence-electron chi connectivity index (χ3n) is 5.85. The Balaban J connectivity index is 1.51. The van der Waals surface area contributed by atoms with Crippen molar-refractivity contribution in [1.29, 1.82) is 0 Å². The molecule has 2 heterocycles. The molecule has 1 atom stereocenters. The Hall–Kier alpha value is -2.77. The zero-order valence-corrected chi connectivity index (χ0v) is 18.0. The summed E-state index contributed by atoms with van der Waals surface area (Å²) < 4.78 is 24.7. The summed E-state index contributed by atoms with van der Waals surface area (Å²) in [7, 11) is 1.79. The molecule has 1 aromatic heterocycles. The van der Waals surface area contributed by atoms with E-state index in [0.29, 0.717) is 22.2 Å². The molecule has 0 amide bonds. The average Bonchev–Trinajstić information content (AvgIpc) is 3.22. The summed E-state index contributed by atoms with van der Waals surface area (Å²) in [5, 5.41) is 7.96. The molecular formula is C24H28FN3O3. The summed E-state index contributed by atoms with van der Waals surface area (Å²) in [6.07, 6.45) is 4.47. The molecule has 164 valence electrons. The smallest absolute Gasteiger partial charge is 0.188 e. The van der Waals surface area contributed by atoms with E-state index in [0.717, 1.165) is 30.8 Å². The Labute approximate surface area is 181 Å². The number of nitrogens with zero attached hydrogens (tertiary/aromatic N) is 2. The number of piperidine rings is 1. The van der Waals surface area contributed by atoms with E-state index in [1.54, 1.807) is 25.2 Å². The van der Waals surface area contributed by atoms with Crippen LogP contribution in [0.1, 0.15) is 43.0 Å². The lowest BCUT2D eigenvalue weighted by molar-refractivity contribution is -0.0605. The number of nitrogens with one attached hydrogen (secondary N) is 1. The van der Waals surface area contributed by atoms with Crippen LogP contribution in [0.15, 0.2) is 40.9 Å². The number of carbonyl (C=O) groups is 1. The first-order valence-electron chi connectivity index (χ1n) is 10.9. The number of hydrogen-bond acceptors (Lipinski definition) is 6. The van der Waals surface area contributed by atoms with Gasteiger partial charge in [0.05, 0.1) is 0 Å². The van der Waals surface area contributed by atoms with Gasteiger partial charge in [0.25, 0.3) is 0 Å². The van der Waals surface area contributed by atoms with Gasteiger partial charge in [0.15, 0.2) is 11.4 Å². The summed E-state index contributed by atoms with van der Waals surface area (Å²) in [4.78, 5) is 15.1. The Morgan fingerprint density at radius 2 is 2.03 bits per heavy atom. The fourth-order valence-corrected chi connectivity index (χ4v) is 4.18. The number of ether oxygens (including phenoxy) is 1. The number of fused-ring (bicyclic) bond motifs is 1. The number of carbonyl (C=O) groups excluding carboxylic acids is 1. The molecular weight excluding hydrogens is 397 g/mol. The van der Waals surface area contributed by atoms with Crippen LogP contribution in [-0.4, -0.2) is 48.8 Å². The molecule has 4 rings (SSSR count). The average molecular weight is 426 g/mol. The minimum absolute atomic E-state index is 0.0193. The summed E-state index contributed by atoms with van der Waals surface area (Å²) >= 11 is 0. The van der Waals surface area contributed by atoms with E-state index in [1.807, 2.05) is 6.07 Å². The van der Waals surface area contributed by atoms with Gasteiger partial charge in [0.2, 0.25) is 0 Å². The van der Waals surface area contributed by atoms with Crippen molar-refractivity contribution in [3.63, 3.8) is 0 Å². The van der Waals surface area contributed by atoms with E-state index in [9.17, 15) is 9.18 Å². The third-order valence-corrected chi connectivity index (χ3v) is 5.85. The van der Waals surface area contributed by atoms with Crippen LogP contribution in [0.2, 0.25) is 0 Å². The summed E-state index contributed by atoms with van der Waals surface area (Å²) in [5.74, 6) is -0.439. The van der Waals surface area contributed by atoms with Gasteiger partial charge in [0.1, 0.15) is 24.3 Å². The lowest BCUT2D eigenvalue weighted by Crippen LogP contribution is -2.41. The van der Waals surface area contributed by atoms with E-state index in [4.69, 9.17) is 9.26 Å². The number of hydrogen-bond donors (Lipinski definition) is 1. The van der Waals surface area contributed by atoms with Crippen LogP contribution in [0.5, 0.6) is 0 Å². The van der Waals surface area contributed by atoms with Gasteiger partial charge >= 0.3 is 0 Å². The van der Waals surface area contributed by atoms with Crippen molar-refractivity contribution in [3.8, 4) is 11.3 Å². The molecule has 2 aromatic carbocycles. The Kier molecular flexibility index (Phi) is 6.63. The summed E-state index contributed by atoms with van der Waals surface area (Å²) in [5.41, 5.74) is 3.08. The molecule has 31 heavy (non-hydrogen) atoms. The van der Waals surface area contributed by atoms with Gasteiger partial charge < -0.3 is 14.6 Å². The van der Waals surface area contributed by atoms with Gasteiger partial charge in [-0.15, -0.1) is 0 Å². The van der Waals surface area contributed by atoms with E-state index < -0.39 is 0 Å². The third kappa shape index (κ3) is 4.62. The van der Waals surface area contributed by atoms with Gasteiger partial charge in [-0.3, -0.25) is 9.69 Å². The van der Waals surface area contributed by atoms with Crippen LogP contribution in [0.4, 0.5) is 10.1 Å². The van der Waals surface area contributed by atoms with Crippen LogP contribution >= 0.6 is 0 Å². The lowest BCUT2D eigenvalue weighted by Gasteiger charge is -2.33. The Morgan fingerprint density at radius 3 is 2.77 bits per heavy atom. The number of ketones is 1. The Morgan fingerprint density at radius 1 is 1.23 bits per heavy atom. The molecule has 6 nitrogen and oxygen atoms in total. The predicted octanol–water partition coefficient (Wildman–Crippen LogP) is 5.10. The molecule has 1 aliphatic rings. The van der Waals surface area contributed by atoms with Gasteiger partial charge in [-0.1, -0.05) is 24.6 Å². The fourth-order valence-electron chi connectivity index (χ4n) is 4.18. The number of anilines is 1. The van der Waals surface area contributed by atoms with E-state index in [-0.39, 0.29) is 24.4 Å². The number of benzene rings is 2. The highest BCUT2D eigenvalue weighted by Gasteiger charge is 2.21. The van der Waals surface area contributed by atoms with Crippen molar-refractivity contribution in [2.45, 2.75) is 38.8 Å². The Bertz CT molecular complexity index is 1060. The molecule has 1 fully saturated rings. The number of aromatic nitrogens is 1. The van der Waals surface area contributed by atoms with Gasteiger partial charge in [0, 0.05) is 48.4 Å². The topological polar surface area (TPSA) is 67.6 Å². The summed E-state index contributed by atoms with van der Waals surface area (Å²) in [6.45, 7) is 4.19. The quantitative estimate of drug-likeness (QED) is 0.507. The largest absolute Gasteiger partial charge is 0.388 e. The molecule has 3 aromatic rings. The highest BCUT2D eigenvalue weighted by Crippen LogP contribution is 2.34. The SMILES string of the molecule is CCC(OCC(=O)c1ccc(-c2noc3cc(F)ccc23)c(NC)c1)N1CCCCC1. The standard InChI is InChI=1S/C24H28FN3O3/c1-3-23(28-11-5-4-6-12-28)30-15-21(29)16-7-9-18(20(13-16)26-2)24-19-10-8-17(25)14-22(19)31-27-24/h7-10,13-14,23,26H,3-6,11-12,15H2,1-2H3. The van der Waals surface area contributed by atoms with Gasteiger partial charge in [-0.25, -0.2) is 4.39 Å². The molecule has 0 saturated carbocycles. The number of Topliss-reactive ketones (excluding diaryl/α,β-unsaturated/α-hetero) is 1. The van der Waals surface area contributed by atoms with Crippen LogP contribution in [0, 0.1) is 5.82 Å². The maximum Gasteiger partial charge on any atom is 0.188 e. The minimum atomic E-state index is -0.375. The highest BCUT2D eigenvalue weighted by atomic mass is 19.1.